The molecule has 0 bridgehead atoms. The Morgan fingerprint density at radius 1 is 1.08 bits per heavy atom. The minimum atomic E-state index is -0.378. The first-order chi connectivity index (χ1) is 5.83. The predicted molar refractivity (Wildman–Crippen MR) is 46.9 cm³/mol. The molecule has 0 N–H and O–H groups in total. The summed E-state index contributed by atoms with van der Waals surface area (Å²) in [4.78, 5) is 0. The van der Waals surface area contributed by atoms with Gasteiger partial charge in [-0.1, -0.05) is 6.58 Å². The highest BCUT2D eigenvalue weighted by atomic mass is 16.7. The van der Waals surface area contributed by atoms with Crippen LogP contribution in [0.15, 0.2) is 12.2 Å². The average molecular weight is 168 g/mol. The molecule has 1 spiro atoms. The van der Waals surface area contributed by atoms with E-state index < -0.39 is 0 Å². The third-order valence-electron chi connectivity index (χ3n) is 2.73. The fourth-order valence-electron chi connectivity index (χ4n) is 1.98. The highest BCUT2D eigenvalue weighted by Crippen LogP contribution is 2.37. The summed E-state index contributed by atoms with van der Waals surface area (Å²) < 4.78 is 11.4. The van der Waals surface area contributed by atoms with Gasteiger partial charge in [0.1, 0.15) is 0 Å². The summed E-state index contributed by atoms with van der Waals surface area (Å²) in [5.41, 5.74) is 1.15. The zero-order valence-corrected chi connectivity index (χ0v) is 7.47. The summed E-state index contributed by atoms with van der Waals surface area (Å²) in [6.07, 6.45) is 5.55. The van der Waals surface area contributed by atoms with E-state index in [9.17, 15) is 0 Å². The van der Waals surface area contributed by atoms with E-state index in [0.29, 0.717) is 0 Å². The summed E-state index contributed by atoms with van der Waals surface area (Å²) in [6.45, 7) is 5.71. The van der Waals surface area contributed by atoms with Crippen LogP contribution < -0.4 is 0 Å². The lowest BCUT2D eigenvalue weighted by atomic mass is 9.93. The fraction of sp³-hybridized carbons (Fsp3) is 0.800. The van der Waals surface area contributed by atoms with E-state index in [1.807, 2.05) is 0 Å². The molecule has 0 aromatic heterocycles. The Kier molecular flexibility index (Phi) is 2.20. The van der Waals surface area contributed by atoms with Crippen molar-refractivity contribution < 1.29 is 9.47 Å². The second-order valence-electron chi connectivity index (χ2n) is 3.61. The molecule has 2 fully saturated rings. The van der Waals surface area contributed by atoms with Crippen LogP contribution in [0, 0.1) is 0 Å². The van der Waals surface area contributed by atoms with Crippen molar-refractivity contribution >= 4 is 0 Å². The van der Waals surface area contributed by atoms with Gasteiger partial charge in [-0.3, -0.25) is 0 Å². The summed E-state index contributed by atoms with van der Waals surface area (Å²) in [7, 11) is 0. The molecule has 68 valence electrons. The first kappa shape index (κ1) is 8.27. The molecule has 0 saturated carbocycles. The highest BCUT2D eigenvalue weighted by Gasteiger charge is 2.38. The molecule has 2 heteroatoms. The molecule has 12 heavy (non-hydrogen) atoms. The first-order valence-corrected chi connectivity index (χ1v) is 4.80. The van der Waals surface area contributed by atoms with Gasteiger partial charge in [-0.05, 0) is 31.3 Å². The standard InChI is InChI=1S/C10H16O2/c1-9-5-4-8-12-10(9)6-2-3-7-11-10/h1-8H2. The van der Waals surface area contributed by atoms with Crippen LogP contribution in [-0.2, 0) is 9.47 Å². The Hall–Kier alpha value is -0.340. The zero-order chi connectivity index (χ0) is 8.44. The normalized spacial score (nSPS) is 37.2. The van der Waals surface area contributed by atoms with E-state index in [1.165, 1.54) is 12.8 Å². The van der Waals surface area contributed by atoms with E-state index in [4.69, 9.17) is 9.47 Å². The van der Waals surface area contributed by atoms with Crippen molar-refractivity contribution in [3.05, 3.63) is 12.2 Å². The smallest absolute Gasteiger partial charge is 0.190 e. The second-order valence-corrected chi connectivity index (χ2v) is 3.61. The Labute approximate surface area is 73.5 Å². The van der Waals surface area contributed by atoms with Crippen molar-refractivity contribution in [3.8, 4) is 0 Å². The summed E-state index contributed by atoms with van der Waals surface area (Å²) >= 11 is 0. The van der Waals surface area contributed by atoms with Crippen molar-refractivity contribution in [1.29, 1.82) is 0 Å². The van der Waals surface area contributed by atoms with Crippen LogP contribution in [0.2, 0.25) is 0 Å². The highest BCUT2D eigenvalue weighted by molar-refractivity contribution is 5.11. The van der Waals surface area contributed by atoms with E-state index in [1.54, 1.807) is 0 Å². The van der Waals surface area contributed by atoms with Gasteiger partial charge in [0, 0.05) is 6.42 Å². The van der Waals surface area contributed by atoms with Crippen LogP contribution in [0.1, 0.15) is 32.1 Å². The van der Waals surface area contributed by atoms with Crippen LogP contribution in [0.25, 0.3) is 0 Å². The Morgan fingerprint density at radius 2 is 1.83 bits per heavy atom. The molecule has 2 rings (SSSR count). The lowest BCUT2D eigenvalue weighted by Gasteiger charge is -2.41. The topological polar surface area (TPSA) is 18.5 Å². The second kappa shape index (κ2) is 3.19. The first-order valence-electron chi connectivity index (χ1n) is 4.80. The SMILES string of the molecule is C=C1CCCOC12CCCCO2. The monoisotopic (exact) mass is 168 g/mol. The van der Waals surface area contributed by atoms with Crippen molar-refractivity contribution in [1.82, 2.24) is 0 Å². The maximum Gasteiger partial charge on any atom is 0.190 e. The van der Waals surface area contributed by atoms with Crippen LogP contribution in [0.3, 0.4) is 0 Å². The molecule has 2 aliphatic heterocycles. The van der Waals surface area contributed by atoms with Crippen molar-refractivity contribution in [2.24, 2.45) is 0 Å². The molecule has 1 atom stereocenters. The summed E-state index contributed by atoms with van der Waals surface area (Å²) in [6, 6.07) is 0. The Bertz CT molecular complexity index is 172. The van der Waals surface area contributed by atoms with Crippen LogP contribution in [0.4, 0.5) is 0 Å². The van der Waals surface area contributed by atoms with E-state index in [-0.39, 0.29) is 5.79 Å². The van der Waals surface area contributed by atoms with Gasteiger partial charge in [-0.2, -0.15) is 0 Å². The van der Waals surface area contributed by atoms with Gasteiger partial charge in [-0.25, -0.2) is 0 Å². The molecule has 0 aliphatic carbocycles. The van der Waals surface area contributed by atoms with Gasteiger partial charge in [0.15, 0.2) is 5.79 Å². The van der Waals surface area contributed by atoms with Crippen molar-refractivity contribution in [2.75, 3.05) is 13.2 Å². The van der Waals surface area contributed by atoms with Crippen LogP contribution >= 0.6 is 0 Å². The molecule has 1 unspecified atom stereocenters. The van der Waals surface area contributed by atoms with E-state index in [0.717, 1.165) is 38.0 Å². The van der Waals surface area contributed by atoms with Gasteiger partial charge in [-0.15, -0.1) is 0 Å². The number of hydrogen-bond acceptors (Lipinski definition) is 2. The fourth-order valence-corrected chi connectivity index (χ4v) is 1.98. The van der Waals surface area contributed by atoms with Gasteiger partial charge >= 0.3 is 0 Å². The molecule has 0 amide bonds. The minimum absolute atomic E-state index is 0.378. The van der Waals surface area contributed by atoms with Gasteiger partial charge in [0.25, 0.3) is 0 Å². The lowest BCUT2D eigenvalue weighted by molar-refractivity contribution is -0.241. The molecule has 0 aromatic carbocycles. The molecular formula is C10H16O2. The molecule has 2 heterocycles. The van der Waals surface area contributed by atoms with Crippen molar-refractivity contribution in [2.45, 2.75) is 37.9 Å². The molecule has 2 saturated heterocycles. The molecular weight excluding hydrogens is 152 g/mol. The maximum atomic E-state index is 5.70. The largest absolute Gasteiger partial charge is 0.346 e. The molecule has 2 aliphatic rings. The quantitative estimate of drug-likeness (QED) is 0.516. The molecule has 0 aromatic rings. The number of hydrogen-bond donors (Lipinski definition) is 0. The van der Waals surface area contributed by atoms with Crippen LogP contribution in [0.5, 0.6) is 0 Å². The lowest BCUT2D eigenvalue weighted by Crippen LogP contribution is -2.43. The van der Waals surface area contributed by atoms with Gasteiger partial charge < -0.3 is 9.47 Å². The number of rotatable bonds is 0. The van der Waals surface area contributed by atoms with Crippen molar-refractivity contribution in [3.63, 3.8) is 0 Å². The van der Waals surface area contributed by atoms with Gasteiger partial charge in [0.05, 0.1) is 13.2 Å². The van der Waals surface area contributed by atoms with E-state index in [2.05, 4.69) is 6.58 Å². The average Bonchev–Trinajstić information content (AvgIpc) is 2.12. The zero-order valence-electron chi connectivity index (χ0n) is 7.47. The molecule has 0 radical (unpaired) electrons. The summed E-state index contributed by atoms with van der Waals surface area (Å²) in [5.74, 6) is -0.378. The third-order valence-corrected chi connectivity index (χ3v) is 2.73. The van der Waals surface area contributed by atoms with Crippen LogP contribution in [-0.4, -0.2) is 19.0 Å². The van der Waals surface area contributed by atoms with Gasteiger partial charge in [0.2, 0.25) is 0 Å². The Morgan fingerprint density at radius 3 is 2.50 bits per heavy atom. The Balaban J connectivity index is 2.09. The summed E-state index contributed by atoms with van der Waals surface area (Å²) in [5, 5.41) is 0. The maximum absolute atomic E-state index is 5.70. The minimum Gasteiger partial charge on any atom is -0.346 e. The van der Waals surface area contributed by atoms with E-state index >= 15 is 0 Å². The third kappa shape index (κ3) is 1.29. The molecule has 2 nitrogen and oxygen atoms in total. The predicted octanol–water partition coefficient (Wildman–Crippen LogP) is 2.25. The number of ether oxygens (including phenoxy) is 2.